The van der Waals surface area contributed by atoms with Crippen molar-refractivity contribution in [2.45, 2.75) is 70.9 Å². The van der Waals surface area contributed by atoms with Gasteiger partial charge in [-0.3, -0.25) is 4.79 Å². The molecule has 0 saturated heterocycles. The fourth-order valence-corrected chi connectivity index (χ4v) is 2.76. The summed E-state index contributed by atoms with van der Waals surface area (Å²) in [5.74, 6) is 0.529. The molecule has 1 aromatic heterocycles. The molecule has 0 aromatic carbocycles. The lowest BCUT2D eigenvalue weighted by Crippen LogP contribution is -2.29. The predicted molar refractivity (Wildman–Crippen MR) is 78.5 cm³/mol. The van der Waals surface area contributed by atoms with Crippen molar-refractivity contribution in [2.75, 3.05) is 5.32 Å². The van der Waals surface area contributed by atoms with E-state index in [1.54, 1.807) is 17.0 Å². The number of rotatable bonds is 4. The molecule has 1 aromatic rings. The number of nitrogens with zero attached hydrogens (tertiary/aromatic N) is 2. The maximum Gasteiger partial charge on any atom is 0.293 e. The molecule has 1 heterocycles. The fraction of sp³-hybridized carbons (Fsp3) is 0.733. The largest absolute Gasteiger partial charge is 0.363 e. The summed E-state index contributed by atoms with van der Waals surface area (Å²) in [6.45, 7) is 2.84. The minimum atomic E-state index is 0.0198. The lowest BCUT2D eigenvalue weighted by atomic mass is 9.97. The summed E-state index contributed by atoms with van der Waals surface area (Å²) in [6.07, 6.45) is 13.3. The first-order valence-corrected chi connectivity index (χ1v) is 7.63. The second kappa shape index (κ2) is 7.31. The van der Waals surface area contributed by atoms with Crippen molar-refractivity contribution in [3.05, 3.63) is 22.7 Å². The third kappa shape index (κ3) is 4.08. The first-order chi connectivity index (χ1) is 9.31. The fourth-order valence-electron chi connectivity index (χ4n) is 2.76. The SMILES string of the molecule is CCCn1ccnc(NC2CCCCCCC2)c1=O. The van der Waals surface area contributed by atoms with Crippen LogP contribution in [0.25, 0.3) is 0 Å². The van der Waals surface area contributed by atoms with Crippen molar-refractivity contribution >= 4 is 5.82 Å². The Morgan fingerprint density at radius 1 is 1.26 bits per heavy atom. The highest BCUT2D eigenvalue weighted by Crippen LogP contribution is 2.18. The average molecular weight is 263 g/mol. The van der Waals surface area contributed by atoms with Crippen molar-refractivity contribution in [3.8, 4) is 0 Å². The summed E-state index contributed by atoms with van der Waals surface area (Å²) >= 11 is 0. The molecule has 0 spiro atoms. The van der Waals surface area contributed by atoms with E-state index in [9.17, 15) is 4.79 Å². The minimum Gasteiger partial charge on any atom is -0.363 e. The number of nitrogens with one attached hydrogen (secondary N) is 1. The van der Waals surface area contributed by atoms with Crippen LogP contribution in [0.5, 0.6) is 0 Å². The zero-order valence-electron chi connectivity index (χ0n) is 11.9. The number of aromatic nitrogens is 2. The van der Waals surface area contributed by atoms with E-state index in [1.165, 1.54) is 32.1 Å². The van der Waals surface area contributed by atoms with Gasteiger partial charge in [0.05, 0.1) is 0 Å². The molecular weight excluding hydrogens is 238 g/mol. The Labute approximate surface area is 115 Å². The molecule has 4 heteroatoms. The Morgan fingerprint density at radius 3 is 2.63 bits per heavy atom. The van der Waals surface area contributed by atoms with E-state index in [4.69, 9.17) is 0 Å². The monoisotopic (exact) mass is 263 g/mol. The number of aryl methyl sites for hydroxylation is 1. The molecule has 0 aliphatic heterocycles. The maximum atomic E-state index is 12.2. The number of anilines is 1. The van der Waals surface area contributed by atoms with Crippen molar-refractivity contribution in [3.63, 3.8) is 0 Å². The van der Waals surface area contributed by atoms with E-state index < -0.39 is 0 Å². The zero-order chi connectivity index (χ0) is 13.5. The lowest BCUT2D eigenvalue weighted by Gasteiger charge is -2.21. The molecule has 1 aliphatic rings. The number of hydrogen-bond donors (Lipinski definition) is 1. The van der Waals surface area contributed by atoms with E-state index in [2.05, 4.69) is 17.2 Å². The second-order valence-electron chi connectivity index (χ2n) is 5.46. The van der Waals surface area contributed by atoms with E-state index >= 15 is 0 Å². The molecule has 2 rings (SSSR count). The van der Waals surface area contributed by atoms with Crippen molar-refractivity contribution in [1.29, 1.82) is 0 Å². The van der Waals surface area contributed by atoms with Gasteiger partial charge in [-0.05, 0) is 19.3 Å². The van der Waals surface area contributed by atoms with Gasteiger partial charge in [-0.2, -0.15) is 0 Å². The van der Waals surface area contributed by atoms with Crippen LogP contribution in [-0.2, 0) is 6.54 Å². The molecule has 1 saturated carbocycles. The van der Waals surface area contributed by atoms with E-state index in [0.717, 1.165) is 25.8 Å². The van der Waals surface area contributed by atoms with Gasteiger partial charge in [-0.15, -0.1) is 0 Å². The first kappa shape index (κ1) is 14.1. The molecule has 0 bridgehead atoms. The second-order valence-corrected chi connectivity index (χ2v) is 5.46. The van der Waals surface area contributed by atoms with Gasteiger partial charge in [0.25, 0.3) is 5.56 Å². The Morgan fingerprint density at radius 2 is 1.95 bits per heavy atom. The first-order valence-electron chi connectivity index (χ1n) is 7.63. The molecule has 0 unspecified atom stereocenters. The Hall–Kier alpha value is -1.32. The van der Waals surface area contributed by atoms with Crippen LogP contribution in [0.15, 0.2) is 17.2 Å². The molecule has 4 nitrogen and oxygen atoms in total. The van der Waals surface area contributed by atoms with Crippen LogP contribution in [0.1, 0.15) is 58.3 Å². The zero-order valence-corrected chi connectivity index (χ0v) is 11.9. The van der Waals surface area contributed by atoms with Gasteiger partial charge in [0.1, 0.15) is 0 Å². The van der Waals surface area contributed by atoms with Crippen molar-refractivity contribution < 1.29 is 0 Å². The summed E-state index contributed by atoms with van der Waals surface area (Å²) in [5.41, 5.74) is 0.0198. The minimum absolute atomic E-state index is 0.0198. The smallest absolute Gasteiger partial charge is 0.293 e. The van der Waals surface area contributed by atoms with Crippen LogP contribution >= 0.6 is 0 Å². The highest BCUT2D eigenvalue weighted by atomic mass is 16.1. The molecule has 1 aliphatic carbocycles. The third-order valence-electron chi connectivity index (χ3n) is 3.82. The molecule has 0 amide bonds. The lowest BCUT2D eigenvalue weighted by molar-refractivity contribution is 0.470. The molecule has 1 N–H and O–H groups in total. The summed E-state index contributed by atoms with van der Waals surface area (Å²) in [4.78, 5) is 16.4. The van der Waals surface area contributed by atoms with Gasteiger partial charge < -0.3 is 9.88 Å². The normalized spacial score (nSPS) is 17.7. The Balaban J connectivity index is 2.04. The van der Waals surface area contributed by atoms with E-state index in [-0.39, 0.29) is 5.56 Å². The van der Waals surface area contributed by atoms with Gasteiger partial charge in [0, 0.05) is 25.0 Å². The maximum absolute atomic E-state index is 12.2. The quantitative estimate of drug-likeness (QED) is 0.907. The summed E-state index contributed by atoms with van der Waals surface area (Å²) < 4.78 is 1.75. The summed E-state index contributed by atoms with van der Waals surface area (Å²) in [6, 6.07) is 0.415. The topological polar surface area (TPSA) is 46.9 Å². The van der Waals surface area contributed by atoms with Crippen LogP contribution < -0.4 is 10.9 Å². The van der Waals surface area contributed by atoms with E-state index in [1.807, 2.05) is 0 Å². The van der Waals surface area contributed by atoms with Crippen LogP contribution in [0.3, 0.4) is 0 Å². The van der Waals surface area contributed by atoms with Crippen LogP contribution in [0.2, 0.25) is 0 Å². The number of hydrogen-bond acceptors (Lipinski definition) is 3. The molecule has 106 valence electrons. The van der Waals surface area contributed by atoms with Crippen LogP contribution in [0.4, 0.5) is 5.82 Å². The highest BCUT2D eigenvalue weighted by molar-refractivity contribution is 5.32. The van der Waals surface area contributed by atoms with Crippen LogP contribution in [0, 0.1) is 0 Å². The summed E-state index contributed by atoms with van der Waals surface area (Å²) in [7, 11) is 0. The van der Waals surface area contributed by atoms with Gasteiger partial charge >= 0.3 is 0 Å². The van der Waals surface area contributed by atoms with E-state index in [0.29, 0.717) is 11.9 Å². The Kier molecular flexibility index (Phi) is 5.43. The predicted octanol–water partition coefficient (Wildman–Crippen LogP) is 3.18. The van der Waals surface area contributed by atoms with Gasteiger partial charge in [-0.25, -0.2) is 4.98 Å². The molecule has 0 radical (unpaired) electrons. The Bertz CT molecular complexity index is 433. The van der Waals surface area contributed by atoms with Crippen molar-refractivity contribution in [2.24, 2.45) is 0 Å². The third-order valence-corrected chi connectivity index (χ3v) is 3.82. The highest BCUT2D eigenvalue weighted by Gasteiger charge is 2.13. The van der Waals surface area contributed by atoms with Gasteiger partial charge in [0.2, 0.25) is 0 Å². The van der Waals surface area contributed by atoms with Gasteiger partial charge in [0.15, 0.2) is 5.82 Å². The molecular formula is C15H25N3O. The molecule has 0 atom stereocenters. The standard InChI is InChI=1S/C15H25N3O/c1-2-11-18-12-10-16-14(15(18)19)17-13-8-6-4-3-5-7-9-13/h10,12-13H,2-9,11H2,1H3,(H,16,17). The average Bonchev–Trinajstić information content (AvgIpc) is 2.37. The molecule has 1 fully saturated rings. The summed E-state index contributed by atoms with van der Waals surface area (Å²) in [5, 5.41) is 3.37. The van der Waals surface area contributed by atoms with Crippen molar-refractivity contribution in [1.82, 2.24) is 9.55 Å². The van der Waals surface area contributed by atoms with Gasteiger partial charge in [-0.1, -0.05) is 39.0 Å². The molecule has 19 heavy (non-hydrogen) atoms. The van der Waals surface area contributed by atoms with Crippen LogP contribution in [-0.4, -0.2) is 15.6 Å².